The van der Waals surface area contributed by atoms with Crippen LogP contribution in [0.15, 0.2) is 54.6 Å². The van der Waals surface area contributed by atoms with Gasteiger partial charge in [0.05, 0.1) is 0 Å². The van der Waals surface area contributed by atoms with Crippen LogP contribution in [0.25, 0.3) is 0 Å². The second-order valence-corrected chi connectivity index (χ2v) is 3.57. The van der Waals surface area contributed by atoms with Gasteiger partial charge >= 0.3 is 17.1 Å². The number of hydrogen-bond donors (Lipinski definition) is 2. The van der Waals surface area contributed by atoms with E-state index in [0.29, 0.717) is 19.5 Å². The van der Waals surface area contributed by atoms with Gasteiger partial charge in [0.25, 0.3) is 0 Å². The van der Waals surface area contributed by atoms with Gasteiger partial charge in [-0.05, 0) is 0 Å². The Morgan fingerprint density at radius 2 is 1.78 bits per heavy atom. The molecule has 0 radical (unpaired) electrons. The van der Waals surface area contributed by atoms with Gasteiger partial charge in [-0.1, -0.05) is 0 Å². The number of nitrogens with one attached hydrogen (secondary N) is 1. The molecule has 3 nitrogen and oxygen atoms in total. The van der Waals surface area contributed by atoms with Crippen molar-refractivity contribution in [3.05, 3.63) is 60.2 Å². The van der Waals surface area contributed by atoms with Crippen LogP contribution in [0.3, 0.4) is 0 Å². The molecule has 0 aromatic heterocycles. The van der Waals surface area contributed by atoms with E-state index in [1.807, 2.05) is 54.6 Å². The molecular weight excluding hydrogens is 268 g/mol. The van der Waals surface area contributed by atoms with Crippen LogP contribution < -0.4 is 11.1 Å². The second kappa shape index (κ2) is 10.8. The van der Waals surface area contributed by atoms with E-state index in [9.17, 15) is 4.79 Å². The minimum atomic E-state index is 0. The molecule has 3 N–H and O–H groups in total. The molecule has 0 aliphatic heterocycles. The maximum absolute atomic E-state index is 11.1. The Balaban J connectivity index is 0.000000405. The van der Waals surface area contributed by atoms with Gasteiger partial charge in [0.15, 0.2) is 0 Å². The molecule has 4 heteroatoms. The summed E-state index contributed by atoms with van der Waals surface area (Å²) in [5.74, 6) is 0.0339. The number of hydrogen-bond acceptors (Lipinski definition) is 2. The standard InChI is InChI=1S/C9H13N2O.C5H5.Fe/c10-5-6-11-9(12)7-8-3-1-2-4-8;1-2-4-5-3-1;/h1-4H,5-7,10H2,(H,11,12);1-5H;/q2*-1;+2. The Bertz CT molecular complexity index is 365. The number of carbonyl (C=O) groups is 1. The van der Waals surface area contributed by atoms with Crippen LogP contribution in [0.4, 0.5) is 0 Å². The van der Waals surface area contributed by atoms with Crippen LogP contribution >= 0.6 is 0 Å². The predicted molar refractivity (Wildman–Crippen MR) is 69.8 cm³/mol. The molecule has 18 heavy (non-hydrogen) atoms. The van der Waals surface area contributed by atoms with E-state index in [4.69, 9.17) is 5.73 Å². The Kier molecular flexibility index (Phi) is 9.97. The molecule has 0 bridgehead atoms. The summed E-state index contributed by atoms with van der Waals surface area (Å²) in [4.78, 5) is 11.1. The Morgan fingerprint density at radius 3 is 2.22 bits per heavy atom. The third-order valence-corrected chi connectivity index (χ3v) is 2.12. The SMILES string of the molecule is NCCNC(=O)C[c-]1cccc1.[Fe+2].c1cc[cH-]c1. The normalized spacial score (nSPS) is 8.72. The zero-order valence-electron chi connectivity index (χ0n) is 10.2. The Hall–Kier alpha value is -1.35. The summed E-state index contributed by atoms with van der Waals surface area (Å²) in [7, 11) is 0. The van der Waals surface area contributed by atoms with Gasteiger partial charge in [0.1, 0.15) is 0 Å². The first kappa shape index (κ1) is 16.6. The Morgan fingerprint density at radius 1 is 1.17 bits per heavy atom. The molecule has 98 valence electrons. The van der Waals surface area contributed by atoms with Crippen molar-refractivity contribution in [2.24, 2.45) is 5.73 Å². The van der Waals surface area contributed by atoms with Crippen molar-refractivity contribution in [1.29, 1.82) is 0 Å². The summed E-state index contributed by atoms with van der Waals surface area (Å²) in [6.45, 7) is 1.05. The summed E-state index contributed by atoms with van der Waals surface area (Å²) in [5.41, 5.74) is 6.28. The van der Waals surface area contributed by atoms with Crippen molar-refractivity contribution < 1.29 is 21.9 Å². The maximum atomic E-state index is 11.1. The van der Waals surface area contributed by atoms with E-state index >= 15 is 0 Å². The van der Waals surface area contributed by atoms with Gasteiger partial charge in [-0.3, -0.25) is 4.79 Å². The van der Waals surface area contributed by atoms with Crippen molar-refractivity contribution in [2.75, 3.05) is 13.1 Å². The van der Waals surface area contributed by atoms with Crippen LogP contribution in [0, 0.1) is 0 Å². The number of carbonyl (C=O) groups excluding carboxylic acids is 1. The summed E-state index contributed by atoms with van der Waals surface area (Å²) >= 11 is 0. The average Bonchev–Trinajstić information content (AvgIpc) is 3.01. The van der Waals surface area contributed by atoms with Crippen molar-refractivity contribution in [1.82, 2.24) is 5.32 Å². The molecule has 0 saturated heterocycles. The fourth-order valence-electron chi connectivity index (χ4n) is 1.31. The number of amides is 1. The van der Waals surface area contributed by atoms with Gasteiger partial charge in [0.2, 0.25) is 5.91 Å². The first-order valence-electron chi connectivity index (χ1n) is 5.67. The molecule has 0 heterocycles. The quantitative estimate of drug-likeness (QED) is 0.660. The van der Waals surface area contributed by atoms with Crippen molar-refractivity contribution in [3.63, 3.8) is 0 Å². The van der Waals surface area contributed by atoms with Crippen LogP contribution in [-0.4, -0.2) is 19.0 Å². The van der Waals surface area contributed by atoms with Crippen LogP contribution in [-0.2, 0) is 28.3 Å². The molecule has 0 unspecified atom stereocenters. The first-order chi connectivity index (χ1) is 8.33. The molecule has 0 atom stereocenters. The fraction of sp³-hybridized carbons (Fsp3) is 0.214. The Labute approximate surface area is 119 Å². The van der Waals surface area contributed by atoms with Crippen molar-refractivity contribution >= 4 is 5.91 Å². The minimum absolute atomic E-state index is 0. The maximum Gasteiger partial charge on any atom is 2.00 e. The fourth-order valence-corrected chi connectivity index (χ4v) is 1.31. The summed E-state index contributed by atoms with van der Waals surface area (Å²) in [6.07, 6.45) is 0.451. The first-order valence-corrected chi connectivity index (χ1v) is 5.67. The molecule has 2 aromatic rings. The monoisotopic (exact) mass is 286 g/mol. The summed E-state index contributed by atoms with van der Waals surface area (Å²) in [6, 6.07) is 17.7. The smallest absolute Gasteiger partial charge is 0.355 e. The van der Waals surface area contributed by atoms with E-state index in [0.717, 1.165) is 5.56 Å². The number of nitrogens with two attached hydrogens (primary N) is 1. The van der Waals surface area contributed by atoms with Crippen LogP contribution in [0.5, 0.6) is 0 Å². The zero-order chi connectivity index (χ0) is 12.3. The molecular formula is C14H18FeN2O. The summed E-state index contributed by atoms with van der Waals surface area (Å²) in [5, 5.41) is 2.71. The zero-order valence-corrected chi connectivity index (χ0v) is 11.3. The van der Waals surface area contributed by atoms with E-state index in [1.165, 1.54) is 0 Å². The van der Waals surface area contributed by atoms with E-state index in [1.54, 1.807) is 0 Å². The van der Waals surface area contributed by atoms with Crippen LogP contribution in [0.2, 0.25) is 0 Å². The summed E-state index contributed by atoms with van der Waals surface area (Å²) < 4.78 is 0. The van der Waals surface area contributed by atoms with Gasteiger partial charge < -0.3 is 11.1 Å². The van der Waals surface area contributed by atoms with Gasteiger partial charge in [-0.2, -0.15) is 30.3 Å². The average molecular weight is 286 g/mol. The minimum Gasteiger partial charge on any atom is -0.355 e. The third-order valence-electron chi connectivity index (χ3n) is 2.12. The van der Waals surface area contributed by atoms with E-state index < -0.39 is 0 Å². The van der Waals surface area contributed by atoms with E-state index in [-0.39, 0.29) is 23.0 Å². The van der Waals surface area contributed by atoms with Gasteiger partial charge in [-0.25, -0.2) is 24.3 Å². The van der Waals surface area contributed by atoms with E-state index in [2.05, 4.69) is 5.32 Å². The molecule has 0 saturated carbocycles. The van der Waals surface area contributed by atoms with Gasteiger partial charge in [-0.15, -0.1) is 5.56 Å². The molecule has 0 aliphatic rings. The topological polar surface area (TPSA) is 55.1 Å². The molecule has 1 amide bonds. The molecule has 0 fully saturated rings. The van der Waals surface area contributed by atoms with Gasteiger partial charge in [0, 0.05) is 19.5 Å². The van der Waals surface area contributed by atoms with Crippen molar-refractivity contribution in [3.8, 4) is 0 Å². The largest absolute Gasteiger partial charge is 2.00 e. The molecule has 0 aliphatic carbocycles. The molecule has 0 spiro atoms. The number of rotatable bonds is 4. The van der Waals surface area contributed by atoms with Crippen molar-refractivity contribution in [2.45, 2.75) is 6.42 Å². The van der Waals surface area contributed by atoms with Crippen LogP contribution in [0.1, 0.15) is 5.56 Å². The predicted octanol–water partition coefficient (Wildman–Crippen LogP) is 1.43. The third kappa shape index (κ3) is 7.85. The molecule has 2 aromatic carbocycles. The molecule has 2 rings (SSSR count). The second-order valence-electron chi connectivity index (χ2n) is 3.57.